The normalized spacial score (nSPS) is 11.9. The minimum Gasteiger partial charge on any atom is -0.309 e. The second kappa shape index (κ2) is 11.6. The number of hydrogen-bond donors (Lipinski definition) is 0. The summed E-state index contributed by atoms with van der Waals surface area (Å²) in [6.45, 7) is 2.25. The highest BCUT2D eigenvalue weighted by Gasteiger charge is 2.17. The zero-order valence-electron chi connectivity index (χ0n) is 29.3. The number of fused-ring (bicyclic) bond motifs is 8. The van der Waals surface area contributed by atoms with Crippen molar-refractivity contribution in [1.82, 2.24) is 9.13 Å². The molecule has 0 bridgehead atoms. The lowest BCUT2D eigenvalue weighted by atomic mass is 9.89. The first-order valence-corrected chi connectivity index (χ1v) is 18.4. The van der Waals surface area contributed by atoms with Crippen molar-refractivity contribution in [3.8, 4) is 33.6 Å². The zero-order valence-corrected chi connectivity index (χ0v) is 29.3. The summed E-state index contributed by atoms with van der Waals surface area (Å²) in [7, 11) is 0. The Morgan fingerprint density at radius 1 is 0.283 bits per heavy atom. The first kappa shape index (κ1) is 29.8. The molecule has 0 radical (unpaired) electrons. The second-order valence-corrected chi connectivity index (χ2v) is 14.1. The van der Waals surface area contributed by atoms with Crippen LogP contribution in [0.15, 0.2) is 188 Å². The summed E-state index contributed by atoms with van der Waals surface area (Å²) >= 11 is 0. The highest BCUT2D eigenvalue weighted by molar-refractivity contribution is 6.15. The molecule has 0 aliphatic carbocycles. The summed E-state index contributed by atoms with van der Waals surface area (Å²) in [4.78, 5) is 0. The van der Waals surface area contributed by atoms with Crippen LogP contribution in [-0.2, 0) is 0 Å². The SMILES string of the molecule is Cc1c2ccccc2c(-c2ccc(-n3c4ccccc4c4ccc(-c5ccc6c(c5)c5ccccc5n6-c5ccccc5)cc43)cc2)c2ccccc12. The van der Waals surface area contributed by atoms with Gasteiger partial charge in [-0.2, -0.15) is 0 Å². The molecule has 0 unspecified atom stereocenters. The molecule has 0 amide bonds. The van der Waals surface area contributed by atoms with Crippen LogP contribution in [0.5, 0.6) is 0 Å². The largest absolute Gasteiger partial charge is 0.309 e. The molecule has 2 nitrogen and oxygen atoms in total. The van der Waals surface area contributed by atoms with Crippen LogP contribution in [0.2, 0.25) is 0 Å². The van der Waals surface area contributed by atoms with Gasteiger partial charge >= 0.3 is 0 Å². The highest BCUT2D eigenvalue weighted by Crippen LogP contribution is 2.41. The Balaban J connectivity index is 1.08. The maximum Gasteiger partial charge on any atom is 0.0547 e. The number of rotatable bonds is 4. The summed E-state index contributed by atoms with van der Waals surface area (Å²) in [5.74, 6) is 0. The monoisotopic (exact) mass is 674 g/mol. The van der Waals surface area contributed by atoms with Crippen molar-refractivity contribution in [3.63, 3.8) is 0 Å². The van der Waals surface area contributed by atoms with Gasteiger partial charge in [-0.25, -0.2) is 0 Å². The van der Waals surface area contributed by atoms with E-state index in [2.05, 4.69) is 204 Å². The van der Waals surface area contributed by atoms with Gasteiger partial charge in [-0.05, 0) is 111 Å². The molecule has 0 spiro atoms. The molecule has 0 atom stereocenters. The molecule has 2 heterocycles. The third-order valence-electron chi connectivity index (χ3n) is 11.3. The topological polar surface area (TPSA) is 9.86 Å². The molecule has 2 aromatic heterocycles. The van der Waals surface area contributed by atoms with Crippen molar-refractivity contribution < 1.29 is 0 Å². The first-order chi connectivity index (χ1) is 26.2. The Hall–Kier alpha value is -6.90. The van der Waals surface area contributed by atoms with Crippen molar-refractivity contribution in [1.29, 1.82) is 0 Å². The van der Waals surface area contributed by atoms with E-state index < -0.39 is 0 Å². The van der Waals surface area contributed by atoms with Gasteiger partial charge in [0.15, 0.2) is 0 Å². The van der Waals surface area contributed by atoms with E-state index in [4.69, 9.17) is 0 Å². The summed E-state index contributed by atoms with van der Waals surface area (Å²) in [5.41, 5.74) is 13.4. The lowest BCUT2D eigenvalue weighted by Gasteiger charge is -2.16. The van der Waals surface area contributed by atoms with Gasteiger partial charge in [0.2, 0.25) is 0 Å². The van der Waals surface area contributed by atoms with Gasteiger partial charge in [-0.15, -0.1) is 0 Å². The van der Waals surface area contributed by atoms with E-state index in [1.54, 1.807) is 0 Å². The van der Waals surface area contributed by atoms with Gasteiger partial charge < -0.3 is 9.13 Å². The van der Waals surface area contributed by atoms with E-state index in [9.17, 15) is 0 Å². The molecule has 11 rings (SSSR count). The predicted molar refractivity (Wildman–Crippen MR) is 226 cm³/mol. The number of benzene rings is 9. The molecule has 0 N–H and O–H groups in total. The van der Waals surface area contributed by atoms with E-state index in [1.165, 1.54) is 98.7 Å². The van der Waals surface area contributed by atoms with E-state index in [1.807, 2.05) is 0 Å². The van der Waals surface area contributed by atoms with Crippen molar-refractivity contribution in [2.24, 2.45) is 0 Å². The Morgan fingerprint density at radius 3 is 1.38 bits per heavy atom. The van der Waals surface area contributed by atoms with E-state index >= 15 is 0 Å². The third kappa shape index (κ3) is 4.46. The number of hydrogen-bond acceptors (Lipinski definition) is 0. The molecule has 0 aliphatic heterocycles. The van der Waals surface area contributed by atoms with Crippen LogP contribution < -0.4 is 0 Å². The van der Waals surface area contributed by atoms with Crippen LogP contribution >= 0.6 is 0 Å². The van der Waals surface area contributed by atoms with Gasteiger partial charge in [-0.1, -0.05) is 133 Å². The van der Waals surface area contributed by atoms with Crippen LogP contribution in [-0.4, -0.2) is 9.13 Å². The summed E-state index contributed by atoms with van der Waals surface area (Å²) in [6, 6.07) is 68.9. The summed E-state index contributed by atoms with van der Waals surface area (Å²) in [6.07, 6.45) is 0. The minimum absolute atomic E-state index is 1.15. The van der Waals surface area contributed by atoms with Crippen molar-refractivity contribution in [2.75, 3.05) is 0 Å². The molecule has 53 heavy (non-hydrogen) atoms. The van der Waals surface area contributed by atoms with E-state index in [0.29, 0.717) is 0 Å². The fraction of sp³-hybridized carbons (Fsp3) is 0.0196. The van der Waals surface area contributed by atoms with Gasteiger partial charge in [-0.3, -0.25) is 0 Å². The molecule has 248 valence electrons. The predicted octanol–water partition coefficient (Wildman–Crippen LogP) is 13.8. The number of aromatic nitrogens is 2. The molecule has 9 aromatic carbocycles. The summed E-state index contributed by atoms with van der Waals surface area (Å²) in [5, 5.41) is 10.2. The Kier molecular flexibility index (Phi) is 6.50. The van der Waals surface area contributed by atoms with Crippen molar-refractivity contribution in [2.45, 2.75) is 6.92 Å². The van der Waals surface area contributed by atoms with Crippen molar-refractivity contribution >= 4 is 65.2 Å². The lowest BCUT2D eigenvalue weighted by molar-refractivity contribution is 1.18. The quantitative estimate of drug-likeness (QED) is 0.164. The molecular weight excluding hydrogens is 641 g/mol. The van der Waals surface area contributed by atoms with E-state index in [0.717, 1.165) is 5.69 Å². The lowest BCUT2D eigenvalue weighted by Crippen LogP contribution is -1.95. The molecule has 0 saturated heterocycles. The Labute approximate surface area is 307 Å². The highest BCUT2D eigenvalue weighted by atomic mass is 15.0. The van der Waals surface area contributed by atoms with Crippen LogP contribution in [0.1, 0.15) is 5.56 Å². The van der Waals surface area contributed by atoms with Crippen LogP contribution in [0.4, 0.5) is 0 Å². The zero-order chi connectivity index (χ0) is 35.0. The van der Waals surface area contributed by atoms with Crippen LogP contribution in [0.3, 0.4) is 0 Å². The van der Waals surface area contributed by atoms with Crippen molar-refractivity contribution in [3.05, 3.63) is 194 Å². The smallest absolute Gasteiger partial charge is 0.0547 e. The molecule has 2 heteroatoms. The van der Waals surface area contributed by atoms with Crippen LogP contribution in [0.25, 0.3) is 98.8 Å². The number of para-hydroxylation sites is 3. The second-order valence-electron chi connectivity index (χ2n) is 14.1. The average molecular weight is 675 g/mol. The molecular formula is C51H34N2. The average Bonchev–Trinajstić information content (AvgIpc) is 3.74. The molecule has 11 aromatic rings. The van der Waals surface area contributed by atoms with E-state index in [-0.39, 0.29) is 0 Å². The fourth-order valence-corrected chi connectivity index (χ4v) is 8.87. The molecule has 0 aliphatic rings. The van der Waals surface area contributed by atoms with Gasteiger partial charge in [0.05, 0.1) is 22.1 Å². The third-order valence-corrected chi connectivity index (χ3v) is 11.3. The van der Waals surface area contributed by atoms with Crippen LogP contribution in [0, 0.1) is 6.92 Å². The van der Waals surface area contributed by atoms with Gasteiger partial charge in [0, 0.05) is 32.9 Å². The number of aryl methyl sites for hydroxylation is 1. The maximum absolute atomic E-state index is 2.43. The maximum atomic E-state index is 2.43. The fourth-order valence-electron chi connectivity index (χ4n) is 8.87. The Morgan fingerprint density at radius 2 is 0.717 bits per heavy atom. The number of nitrogens with zero attached hydrogens (tertiary/aromatic N) is 2. The first-order valence-electron chi connectivity index (χ1n) is 18.4. The standard InChI is InChI=1S/C51H34N2/c1-33-39-15-5-7-19-44(39)51(45-20-8-6-16-40(33)45)34-23-27-38(28-24-34)53-47-21-11-9-17-41(47)43-29-25-36(32-50(43)53)35-26-30-49-46(31-35)42-18-10-12-22-48(42)52(49)37-13-3-2-4-14-37/h2-32H,1H3. The van der Waals surface area contributed by atoms with Gasteiger partial charge in [0.1, 0.15) is 0 Å². The van der Waals surface area contributed by atoms with Gasteiger partial charge in [0.25, 0.3) is 0 Å². The Bertz CT molecular complexity index is 3160. The summed E-state index contributed by atoms with van der Waals surface area (Å²) < 4.78 is 4.81. The molecule has 0 fully saturated rings. The minimum atomic E-state index is 1.15. The molecule has 0 saturated carbocycles.